The Morgan fingerprint density at radius 1 is 0.400 bits per heavy atom. The zero-order valence-corrected chi connectivity index (χ0v) is 32.9. The van der Waals surface area contributed by atoms with Crippen LogP contribution in [-0.2, 0) is 42.1 Å². The molecule has 9 nitrogen and oxygen atoms in total. The molecular weight excluding hydrogens is 1050 g/mol. The van der Waals surface area contributed by atoms with Crippen LogP contribution in [0, 0.1) is 24.3 Å². The molecule has 0 saturated carbocycles. The van der Waals surface area contributed by atoms with E-state index in [9.17, 15) is 0 Å². The number of rotatable bonds is 7. The van der Waals surface area contributed by atoms with Crippen LogP contribution in [0.25, 0.3) is 72.1 Å². The Hall–Kier alpha value is -6.14. The van der Waals surface area contributed by atoms with Crippen LogP contribution in [0.4, 0.5) is 0 Å². The third kappa shape index (κ3) is 6.78. The minimum atomic E-state index is 0. The van der Waals surface area contributed by atoms with E-state index in [0.29, 0.717) is 28.9 Å². The Bertz CT molecular complexity index is 2800. The van der Waals surface area contributed by atoms with Crippen molar-refractivity contribution in [2.45, 2.75) is 0 Å². The van der Waals surface area contributed by atoms with Gasteiger partial charge in [-0.25, -0.2) is 9.97 Å². The quantitative estimate of drug-likeness (QED) is 0.146. The molecule has 11 heteroatoms. The second-order valence-electron chi connectivity index (χ2n) is 12.1. The zero-order valence-electron chi connectivity index (χ0n) is 28.4. The van der Waals surface area contributed by atoms with E-state index in [4.69, 9.17) is 9.47 Å². The summed E-state index contributed by atoms with van der Waals surface area (Å²) in [5, 5.41) is 3.85. The van der Waals surface area contributed by atoms with Crippen molar-refractivity contribution in [3.63, 3.8) is 0 Å². The summed E-state index contributed by atoms with van der Waals surface area (Å²) in [5.74, 6) is 2.48. The molecule has 0 unspecified atom stereocenters. The summed E-state index contributed by atoms with van der Waals surface area (Å²) in [6.45, 7) is 0. The van der Waals surface area contributed by atoms with Gasteiger partial charge in [-0.3, -0.25) is 9.97 Å². The number of pyridine rings is 4. The van der Waals surface area contributed by atoms with Crippen LogP contribution in [0.1, 0.15) is 0 Å². The topological polar surface area (TPSA) is 101 Å². The fourth-order valence-corrected chi connectivity index (χ4v) is 6.48. The summed E-state index contributed by atoms with van der Waals surface area (Å²) in [4.78, 5) is 27.5. The maximum absolute atomic E-state index is 6.36. The van der Waals surface area contributed by atoms with E-state index in [1.165, 1.54) is 0 Å². The second-order valence-corrected chi connectivity index (χ2v) is 12.1. The van der Waals surface area contributed by atoms with E-state index in [0.717, 1.165) is 66.1 Å². The number of fused-ring (bicyclic) bond motifs is 5. The molecule has 6 aromatic heterocycles. The first-order valence-corrected chi connectivity index (χ1v) is 16.8. The Balaban J connectivity index is 0.00000214. The van der Waals surface area contributed by atoms with Gasteiger partial charge < -0.3 is 24.0 Å². The van der Waals surface area contributed by atoms with Crippen molar-refractivity contribution in [2.75, 3.05) is 0 Å². The predicted octanol–water partition coefficient (Wildman–Crippen LogP) is 9.57. The van der Waals surface area contributed by atoms with Gasteiger partial charge in [-0.1, -0.05) is 35.3 Å². The van der Waals surface area contributed by atoms with Crippen LogP contribution >= 0.6 is 0 Å². The smallest absolute Gasteiger partial charge is 0.503 e. The number of aromatic nitrogens is 7. The molecular formula is C44H23N7O2Pt2. The van der Waals surface area contributed by atoms with Gasteiger partial charge in [0.05, 0.1) is 11.0 Å². The van der Waals surface area contributed by atoms with E-state index in [-0.39, 0.29) is 42.1 Å². The van der Waals surface area contributed by atoms with Crippen LogP contribution in [0.5, 0.6) is 23.0 Å². The monoisotopic (exact) mass is 1070 g/mol. The molecule has 10 aromatic rings. The number of nitrogens with zero attached hydrogens (tertiary/aromatic N) is 7. The van der Waals surface area contributed by atoms with E-state index < -0.39 is 0 Å². The van der Waals surface area contributed by atoms with Gasteiger partial charge in [0.15, 0.2) is 0 Å². The van der Waals surface area contributed by atoms with Gasteiger partial charge in [0.1, 0.15) is 0 Å². The Morgan fingerprint density at radius 3 is 1.38 bits per heavy atom. The van der Waals surface area contributed by atoms with Crippen molar-refractivity contribution in [1.29, 1.82) is 0 Å². The largest absolute Gasteiger partial charge is 2.00 e. The van der Waals surface area contributed by atoms with Gasteiger partial charge in [0.25, 0.3) is 0 Å². The van der Waals surface area contributed by atoms with Crippen molar-refractivity contribution < 1.29 is 51.6 Å². The van der Waals surface area contributed by atoms with Crippen molar-refractivity contribution in [2.24, 2.45) is 0 Å². The summed E-state index contributed by atoms with van der Waals surface area (Å²) < 4.78 is 14.6. The summed E-state index contributed by atoms with van der Waals surface area (Å²) in [5.41, 5.74) is 6.04. The van der Waals surface area contributed by atoms with Gasteiger partial charge in [0.2, 0.25) is 5.95 Å². The molecule has 10 rings (SSSR count). The molecule has 0 N–H and O–H groups in total. The van der Waals surface area contributed by atoms with Crippen LogP contribution in [0.15, 0.2) is 140 Å². The van der Waals surface area contributed by atoms with E-state index in [1.807, 2.05) is 102 Å². The molecule has 0 spiro atoms. The molecule has 0 aliphatic rings. The number of benzene rings is 4. The number of hydrogen-bond donors (Lipinski definition) is 0. The molecule has 0 amide bonds. The molecule has 0 fully saturated rings. The average molecular weight is 1070 g/mol. The molecule has 0 aliphatic heterocycles. The van der Waals surface area contributed by atoms with Gasteiger partial charge in [0, 0.05) is 71.6 Å². The third-order valence-electron chi connectivity index (χ3n) is 8.81. The third-order valence-corrected chi connectivity index (χ3v) is 8.81. The van der Waals surface area contributed by atoms with Crippen molar-refractivity contribution in [3.05, 3.63) is 165 Å². The molecule has 0 aliphatic carbocycles. The Morgan fingerprint density at radius 2 is 0.873 bits per heavy atom. The van der Waals surface area contributed by atoms with Crippen molar-refractivity contribution in [3.8, 4) is 51.5 Å². The number of ether oxygens (including phenoxy) is 2. The summed E-state index contributed by atoms with van der Waals surface area (Å²) in [6.07, 6.45) is 10.5. The maximum atomic E-state index is 6.36. The summed E-state index contributed by atoms with van der Waals surface area (Å²) >= 11 is 0. The number of hydrogen-bond acceptors (Lipinski definition) is 8. The normalized spacial score (nSPS) is 11.0. The fraction of sp³-hybridized carbons (Fsp3) is 0. The SMILES string of the molecule is [Pt+2].[Pt+2].[c-]1c(Oc2[c-]c3c(cc2)c2ccc(Oc4[c-]c(-c5nccc6cccnc56)ccc4)[c-]c2n3-c2ncccn2)cccc1-c1nccc2cccnc12. The predicted molar refractivity (Wildman–Crippen MR) is 202 cm³/mol. The van der Waals surface area contributed by atoms with Gasteiger partial charge in [-0.2, -0.15) is 22.9 Å². The van der Waals surface area contributed by atoms with Crippen LogP contribution in [-0.4, -0.2) is 34.5 Å². The first-order valence-electron chi connectivity index (χ1n) is 16.8. The van der Waals surface area contributed by atoms with Crippen LogP contribution in [0.2, 0.25) is 0 Å². The molecule has 0 atom stereocenters. The molecule has 0 radical (unpaired) electrons. The summed E-state index contributed by atoms with van der Waals surface area (Å²) in [7, 11) is 0. The minimum Gasteiger partial charge on any atom is -0.503 e. The Labute approximate surface area is 343 Å². The van der Waals surface area contributed by atoms with Crippen molar-refractivity contribution >= 4 is 43.6 Å². The minimum absolute atomic E-state index is 0. The van der Waals surface area contributed by atoms with Crippen LogP contribution in [0.3, 0.4) is 0 Å². The molecule has 0 bridgehead atoms. The van der Waals surface area contributed by atoms with E-state index in [2.05, 4.69) is 54.2 Å². The summed E-state index contributed by atoms with van der Waals surface area (Å²) in [6, 6.07) is 46.4. The molecule has 55 heavy (non-hydrogen) atoms. The molecule has 266 valence electrons. The zero-order chi connectivity index (χ0) is 35.1. The van der Waals surface area contributed by atoms with E-state index in [1.54, 1.807) is 43.2 Å². The second kappa shape index (κ2) is 15.3. The van der Waals surface area contributed by atoms with Gasteiger partial charge >= 0.3 is 42.1 Å². The van der Waals surface area contributed by atoms with Crippen LogP contribution < -0.4 is 9.47 Å². The van der Waals surface area contributed by atoms with Crippen molar-refractivity contribution in [1.82, 2.24) is 34.5 Å². The fourth-order valence-electron chi connectivity index (χ4n) is 6.48. The van der Waals surface area contributed by atoms with E-state index >= 15 is 0 Å². The molecule has 6 heterocycles. The first-order chi connectivity index (χ1) is 26.2. The van der Waals surface area contributed by atoms with Gasteiger partial charge in [-0.15, -0.1) is 71.8 Å². The average Bonchev–Trinajstić information content (AvgIpc) is 3.53. The molecule has 4 aromatic carbocycles. The molecule has 0 saturated heterocycles. The Kier molecular flexibility index (Phi) is 9.98. The standard InChI is InChI=1S/C44H23N7O2.2Pt/c1-6-30(42-40-28(16-22-47-42)8-3-18-45-40)24-32(10-1)52-34-12-14-36-37-15-13-35(27-39(37)51(38(36)26-34)44-49-20-5-21-50-44)53-33-11-2-7-31(25-33)43-41-29(17-23-48-43)9-4-19-46-41;;/h1-23H;;/q-4;2*+2. The maximum Gasteiger partial charge on any atom is 2.00 e. The van der Waals surface area contributed by atoms with Gasteiger partial charge in [-0.05, 0) is 41.1 Å². The first kappa shape index (κ1) is 35.9.